The molecular weight excluding hydrogens is 164 g/mol. The molecule has 1 heterocycles. The molecule has 0 aromatic heterocycles. The molecule has 13 heavy (non-hydrogen) atoms. The number of epoxide rings is 1. The normalized spacial score (nSPS) is 31.0. The summed E-state index contributed by atoms with van der Waals surface area (Å²) >= 11 is 0. The average molecular weight is 180 g/mol. The Bertz CT molecular complexity index is 232. The topological polar surface area (TPSA) is 29.6 Å². The molecule has 0 N–H and O–H groups in total. The van der Waals surface area contributed by atoms with Gasteiger partial charge in [0.1, 0.15) is 11.7 Å². The van der Waals surface area contributed by atoms with Crippen molar-refractivity contribution >= 4 is 5.78 Å². The molecule has 1 saturated heterocycles. The van der Waals surface area contributed by atoms with E-state index in [4.69, 9.17) is 4.74 Å². The van der Waals surface area contributed by atoms with Crippen LogP contribution >= 0.6 is 0 Å². The molecule has 0 spiro atoms. The first-order chi connectivity index (χ1) is 6.14. The Morgan fingerprint density at radius 2 is 2.23 bits per heavy atom. The SMILES string of the molecule is C=CCCC(=O)C1OC1(C)CC=C. The quantitative estimate of drug-likeness (QED) is 0.463. The molecule has 0 saturated carbocycles. The van der Waals surface area contributed by atoms with Crippen LogP contribution in [0.4, 0.5) is 0 Å². The molecule has 1 fully saturated rings. The van der Waals surface area contributed by atoms with Crippen LogP contribution in [0.1, 0.15) is 26.2 Å². The van der Waals surface area contributed by atoms with E-state index < -0.39 is 0 Å². The Kier molecular flexibility index (Phi) is 3.04. The Labute approximate surface area is 79.3 Å². The van der Waals surface area contributed by atoms with Crippen LogP contribution in [0.25, 0.3) is 0 Å². The third-order valence-corrected chi connectivity index (χ3v) is 2.32. The van der Waals surface area contributed by atoms with Crippen molar-refractivity contribution < 1.29 is 9.53 Å². The largest absolute Gasteiger partial charge is 0.358 e. The molecule has 72 valence electrons. The number of hydrogen-bond donors (Lipinski definition) is 0. The van der Waals surface area contributed by atoms with Crippen LogP contribution in [0.3, 0.4) is 0 Å². The first kappa shape index (κ1) is 10.2. The summed E-state index contributed by atoms with van der Waals surface area (Å²) < 4.78 is 5.35. The Morgan fingerprint density at radius 1 is 1.54 bits per heavy atom. The summed E-state index contributed by atoms with van der Waals surface area (Å²) in [6.07, 6.45) is 5.37. The van der Waals surface area contributed by atoms with Gasteiger partial charge in [-0.2, -0.15) is 0 Å². The van der Waals surface area contributed by atoms with Crippen molar-refractivity contribution in [2.24, 2.45) is 0 Å². The van der Waals surface area contributed by atoms with Crippen LogP contribution < -0.4 is 0 Å². The van der Waals surface area contributed by atoms with Crippen molar-refractivity contribution in [3.8, 4) is 0 Å². The Hall–Kier alpha value is -0.890. The van der Waals surface area contributed by atoms with Crippen molar-refractivity contribution in [2.45, 2.75) is 37.9 Å². The van der Waals surface area contributed by atoms with E-state index in [-0.39, 0.29) is 17.5 Å². The van der Waals surface area contributed by atoms with Gasteiger partial charge in [-0.15, -0.1) is 13.2 Å². The van der Waals surface area contributed by atoms with Gasteiger partial charge < -0.3 is 4.74 Å². The maximum absolute atomic E-state index is 11.4. The van der Waals surface area contributed by atoms with E-state index in [1.165, 1.54) is 0 Å². The van der Waals surface area contributed by atoms with Crippen molar-refractivity contribution in [3.63, 3.8) is 0 Å². The molecule has 0 radical (unpaired) electrons. The fourth-order valence-corrected chi connectivity index (χ4v) is 1.46. The molecule has 0 aliphatic carbocycles. The molecule has 1 aliphatic heterocycles. The highest BCUT2D eigenvalue weighted by Crippen LogP contribution is 2.40. The van der Waals surface area contributed by atoms with Gasteiger partial charge in [0, 0.05) is 6.42 Å². The summed E-state index contributed by atoms with van der Waals surface area (Å²) in [6, 6.07) is 0. The minimum Gasteiger partial charge on any atom is -0.358 e. The zero-order chi connectivity index (χ0) is 9.90. The van der Waals surface area contributed by atoms with Crippen LogP contribution in [0.5, 0.6) is 0 Å². The lowest BCUT2D eigenvalue weighted by atomic mass is 9.99. The van der Waals surface area contributed by atoms with Gasteiger partial charge in [0.2, 0.25) is 0 Å². The zero-order valence-electron chi connectivity index (χ0n) is 8.08. The molecule has 0 aromatic carbocycles. The summed E-state index contributed by atoms with van der Waals surface area (Å²) in [7, 11) is 0. The molecule has 2 atom stereocenters. The highest BCUT2D eigenvalue weighted by Gasteiger charge is 2.54. The summed E-state index contributed by atoms with van der Waals surface area (Å²) in [4.78, 5) is 11.4. The Morgan fingerprint density at radius 3 is 2.77 bits per heavy atom. The van der Waals surface area contributed by atoms with Crippen LogP contribution in [0.15, 0.2) is 25.3 Å². The summed E-state index contributed by atoms with van der Waals surface area (Å²) in [5.41, 5.74) is -0.264. The molecule has 0 aromatic rings. The number of Topliss-reactive ketones (excluding diaryl/α,β-unsaturated/α-hetero) is 1. The molecule has 1 rings (SSSR count). The monoisotopic (exact) mass is 180 g/mol. The first-order valence-electron chi connectivity index (χ1n) is 4.56. The van der Waals surface area contributed by atoms with E-state index in [9.17, 15) is 4.79 Å². The molecule has 1 aliphatic rings. The molecule has 2 heteroatoms. The van der Waals surface area contributed by atoms with Crippen molar-refractivity contribution in [2.75, 3.05) is 0 Å². The number of carbonyl (C=O) groups excluding carboxylic acids is 1. The van der Waals surface area contributed by atoms with Crippen LogP contribution in [-0.4, -0.2) is 17.5 Å². The van der Waals surface area contributed by atoms with Gasteiger partial charge in [0.25, 0.3) is 0 Å². The van der Waals surface area contributed by atoms with E-state index >= 15 is 0 Å². The number of hydrogen-bond acceptors (Lipinski definition) is 2. The van der Waals surface area contributed by atoms with Crippen molar-refractivity contribution in [3.05, 3.63) is 25.3 Å². The average Bonchev–Trinajstić information content (AvgIpc) is 2.74. The summed E-state index contributed by atoms with van der Waals surface area (Å²) in [5, 5.41) is 0. The third kappa shape index (κ3) is 2.28. The molecule has 0 bridgehead atoms. The van der Waals surface area contributed by atoms with E-state index in [0.717, 1.165) is 12.8 Å². The van der Waals surface area contributed by atoms with Crippen LogP contribution in [0, 0.1) is 0 Å². The number of rotatable bonds is 6. The first-order valence-corrected chi connectivity index (χ1v) is 4.56. The van der Waals surface area contributed by atoms with Gasteiger partial charge in [0.15, 0.2) is 5.78 Å². The summed E-state index contributed by atoms with van der Waals surface area (Å²) in [5.74, 6) is 0.184. The number of allylic oxidation sites excluding steroid dienone is 1. The van der Waals surface area contributed by atoms with Crippen LogP contribution in [0.2, 0.25) is 0 Å². The van der Waals surface area contributed by atoms with Gasteiger partial charge in [0.05, 0.1) is 0 Å². The van der Waals surface area contributed by atoms with Gasteiger partial charge in [-0.1, -0.05) is 12.2 Å². The number of carbonyl (C=O) groups is 1. The van der Waals surface area contributed by atoms with E-state index in [1.54, 1.807) is 12.2 Å². The zero-order valence-corrected chi connectivity index (χ0v) is 8.08. The second kappa shape index (κ2) is 3.88. The number of ether oxygens (including phenoxy) is 1. The molecule has 0 amide bonds. The van der Waals surface area contributed by atoms with E-state index in [1.807, 2.05) is 6.92 Å². The fraction of sp³-hybridized carbons (Fsp3) is 0.545. The smallest absolute Gasteiger partial charge is 0.164 e. The third-order valence-electron chi connectivity index (χ3n) is 2.32. The summed E-state index contributed by atoms with van der Waals surface area (Å²) in [6.45, 7) is 9.16. The maximum Gasteiger partial charge on any atom is 0.164 e. The Balaban J connectivity index is 2.36. The van der Waals surface area contributed by atoms with Crippen LogP contribution in [-0.2, 0) is 9.53 Å². The number of ketones is 1. The maximum atomic E-state index is 11.4. The highest BCUT2D eigenvalue weighted by molar-refractivity contribution is 5.86. The second-order valence-electron chi connectivity index (χ2n) is 3.60. The lowest BCUT2D eigenvalue weighted by Gasteiger charge is -1.99. The predicted molar refractivity (Wildman–Crippen MR) is 52.5 cm³/mol. The van der Waals surface area contributed by atoms with Gasteiger partial charge in [-0.3, -0.25) is 4.79 Å². The van der Waals surface area contributed by atoms with Gasteiger partial charge in [-0.25, -0.2) is 0 Å². The van der Waals surface area contributed by atoms with Crippen molar-refractivity contribution in [1.82, 2.24) is 0 Å². The van der Waals surface area contributed by atoms with E-state index in [0.29, 0.717) is 6.42 Å². The molecule has 2 unspecified atom stereocenters. The minimum atomic E-state index is -0.264. The minimum absolute atomic E-state index is 0.184. The lowest BCUT2D eigenvalue weighted by molar-refractivity contribution is -0.120. The van der Waals surface area contributed by atoms with Crippen molar-refractivity contribution in [1.29, 1.82) is 0 Å². The van der Waals surface area contributed by atoms with E-state index in [2.05, 4.69) is 13.2 Å². The highest BCUT2D eigenvalue weighted by atomic mass is 16.6. The fourth-order valence-electron chi connectivity index (χ4n) is 1.46. The van der Waals surface area contributed by atoms with Gasteiger partial charge >= 0.3 is 0 Å². The second-order valence-corrected chi connectivity index (χ2v) is 3.60. The molecule has 2 nitrogen and oxygen atoms in total. The lowest BCUT2D eigenvalue weighted by Crippen LogP contribution is -2.16. The van der Waals surface area contributed by atoms with Gasteiger partial charge in [-0.05, 0) is 19.8 Å². The standard InChI is InChI=1S/C11H16O2/c1-4-6-7-9(12)10-11(3,13-10)8-5-2/h4-5,10H,1-2,6-8H2,3H3. The predicted octanol–water partition coefficient (Wildman–Crippen LogP) is 2.26. The molecular formula is C11H16O2.